The lowest BCUT2D eigenvalue weighted by atomic mass is 9.98. The van der Waals surface area contributed by atoms with Gasteiger partial charge < -0.3 is 5.32 Å². The number of nitrogens with one attached hydrogen (secondary N) is 1. The molecule has 2 bridgehead atoms. The molecule has 88 valence electrons. The molecule has 1 aliphatic heterocycles. The molecular formula is C13H14BrN3. The first-order valence-electron chi connectivity index (χ1n) is 5.87. The lowest BCUT2D eigenvalue weighted by Gasteiger charge is -2.19. The summed E-state index contributed by atoms with van der Waals surface area (Å²) in [6.07, 6.45) is 4.85. The molecule has 4 rings (SSSR count). The van der Waals surface area contributed by atoms with Crippen molar-refractivity contribution in [1.29, 1.82) is 0 Å². The number of fused-ring (bicyclic) bond motifs is 6. The maximum absolute atomic E-state index is 4.39. The molecule has 1 aromatic heterocycles. The summed E-state index contributed by atoms with van der Waals surface area (Å²) in [6, 6.07) is 4.49. The molecule has 17 heavy (non-hydrogen) atoms. The molecule has 0 spiro atoms. The van der Waals surface area contributed by atoms with Crippen LogP contribution in [0.1, 0.15) is 29.4 Å². The molecule has 1 N–H and O–H groups in total. The lowest BCUT2D eigenvalue weighted by molar-refractivity contribution is 0.454. The topological polar surface area (TPSA) is 37.8 Å². The molecule has 2 aliphatic rings. The van der Waals surface area contributed by atoms with Crippen molar-refractivity contribution >= 4 is 28.0 Å². The van der Waals surface area contributed by atoms with E-state index < -0.39 is 0 Å². The lowest BCUT2D eigenvalue weighted by Crippen LogP contribution is -2.28. The summed E-state index contributed by atoms with van der Waals surface area (Å²) >= 11 is 0. The predicted octanol–water partition coefficient (Wildman–Crippen LogP) is 2.38. The molecule has 2 aromatic rings. The summed E-state index contributed by atoms with van der Waals surface area (Å²) in [4.78, 5) is 8.78. The molecule has 1 aromatic carbocycles. The van der Waals surface area contributed by atoms with Gasteiger partial charge in [0.15, 0.2) is 0 Å². The highest BCUT2D eigenvalue weighted by atomic mass is 79.9. The van der Waals surface area contributed by atoms with Gasteiger partial charge in [-0.25, -0.2) is 0 Å². The number of halogens is 1. The van der Waals surface area contributed by atoms with Crippen LogP contribution in [0.2, 0.25) is 0 Å². The van der Waals surface area contributed by atoms with Crippen LogP contribution in [0.4, 0.5) is 0 Å². The molecule has 0 radical (unpaired) electrons. The smallest absolute Gasteiger partial charge is 0.0889 e. The zero-order chi connectivity index (χ0) is 10.5. The zero-order valence-electron chi connectivity index (χ0n) is 9.39. The predicted molar refractivity (Wildman–Crippen MR) is 72.8 cm³/mol. The van der Waals surface area contributed by atoms with Gasteiger partial charge in [0.05, 0.1) is 11.0 Å². The number of rotatable bonds is 0. The standard InChI is InChI=1S/C13H13N3.BrH/c1-2-16-13-5-11-9-3-8(6-14-7-9)10(11)4-12(13)15-1;/h1-2,4-5,8-9,14H,3,6-7H2;1H. The largest absolute Gasteiger partial charge is 0.316 e. The Kier molecular flexibility index (Phi) is 2.64. The quantitative estimate of drug-likeness (QED) is 0.810. The Bertz CT molecular complexity index is 521. The molecule has 1 aliphatic carbocycles. The third-order valence-corrected chi connectivity index (χ3v) is 3.90. The summed E-state index contributed by atoms with van der Waals surface area (Å²) in [7, 11) is 0. The van der Waals surface area contributed by atoms with Gasteiger partial charge in [-0.05, 0) is 41.5 Å². The second kappa shape index (κ2) is 4.03. The fourth-order valence-corrected chi connectivity index (χ4v) is 3.17. The van der Waals surface area contributed by atoms with Crippen LogP contribution in [0.15, 0.2) is 24.5 Å². The second-order valence-corrected chi connectivity index (χ2v) is 4.81. The van der Waals surface area contributed by atoms with Crippen molar-refractivity contribution in [3.63, 3.8) is 0 Å². The summed E-state index contributed by atoms with van der Waals surface area (Å²) in [5.74, 6) is 1.39. The van der Waals surface area contributed by atoms with E-state index in [1.54, 1.807) is 12.4 Å². The van der Waals surface area contributed by atoms with Gasteiger partial charge in [-0.2, -0.15) is 0 Å². The molecule has 4 heteroatoms. The van der Waals surface area contributed by atoms with E-state index in [9.17, 15) is 0 Å². The van der Waals surface area contributed by atoms with Crippen molar-refractivity contribution in [1.82, 2.24) is 15.3 Å². The van der Waals surface area contributed by atoms with Gasteiger partial charge in [-0.15, -0.1) is 17.0 Å². The van der Waals surface area contributed by atoms with Crippen LogP contribution in [0.25, 0.3) is 11.0 Å². The zero-order valence-corrected chi connectivity index (χ0v) is 11.1. The molecule has 1 saturated heterocycles. The van der Waals surface area contributed by atoms with Crippen LogP contribution in [0.3, 0.4) is 0 Å². The minimum Gasteiger partial charge on any atom is -0.316 e. The third-order valence-electron chi connectivity index (χ3n) is 3.90. The van der Waals surface area contributed by atoms with Crippen LogP contribution < -0.4 is 5.32 Å². The monoisotopic (exact) mass is 291 g/mol. The number of hydrogen-bond donors (Lipinski definition) is 1. The first-order chi connectivity index (χ1) is 7.92. The van der Waals surface area contributed by atoms with Crippen molar-refractivity contribution in [2.45, 2.75) is 18.3 Å². The van der Waals surface area contributed by atoms with E-state index in [0.717, 1.165) is 24.1 Å². The number of hydrogen-bond acceptors (Lipinski definition) is 3. The van der Waals surface area contributed by atoms with Gasteiger partial charge in [-0.1, -0.05) is 0 Å². The highest BCUT2D eigenvalue weighted by Gasteiger charge is 2.34. The molecule has 2 heterocycles. The number of piperidine rings is 1. The number of aromatic nitrogens is 2. The highest BCUT2D eigenvalue weighted by Crippen LogP contribution is 2.44. The Morgan fingerprint density at radius 2 is 1.47 bits per heavy atom. The maximum atomic E-state index is 4.39. The average Bonchev–Trinajstić information content (AvgIpc) is 2.59. The normalized spacial score (nSPS) is 25.4. The Hall–Kier alpha value is -1.00. The van der Waals surface area contributed by atoms with E-state index in [2.05, 4.69) is 27.4 Å². The minimum atomic E-state index is 0. The molecular weight excluding hydrogens is 278 g/mol. The van der Waals surface area contributed by atoms with Crippen LogP contribution in [0.5, 0.6) is 0 Å². The van der Waals surface area contributed by atoms with E-state index in [0.29, 0.717) is 11.8 Å². The Morgan fingerprint density at radius 1 is 0.941 bits per heavy atom. The van der Waals surface area contributed by atoms with Crippen LogP contribution in [-0.2, 0) is 0 Å². The molecule has 0 saturated carbocycles. The SMILES string of the molecule is Br.c1cnc2cc3c(cc2n1)C1CNCC3C1. The summed E-state index contributed by atoms with van der Waals surface area (Å²) in [6.45, 7) is 2.24. The molecule has 0 amide bonds. The Balaban J connectivity index is 0.000000902. The van der Waals surface area contributed by atoms with Crippen molar-refractivity contribution in [2.24, 2.45) is 0 Å². The summed E-state index contributed by atoms with van der Waals surface area (Å²) in [5, 5.41) is 3.51. The van der Waals surface area contributed by atoms with Crippen LogP contribution in [-0.4, -0.2) is 23.1 Å². The van der Waals surface area contributed by atoms with Crippen LogP contribution >= 0.6 is 17.0 Å². The molecule has 3 nitrogen and oxygen atoms in total. The van der Waals surface area contributed by atoms with Crippen molar-refractivity contribution < 1.29 is 0 Å². The van der Waals surface area contributed by atoms with Gasteiger partial charge >= 0.3 is 0 Å². The van der Waals surface area contributed by atoms with Crippen molar-refractivity contribution in [2.75, 3.05) is 13.1 Å². The first-order valence-corrected chi connectivity index (χ1v) is 5.87. The Labute approximate surface area is 110 Å². The fraction of sp³-hybridized carbons (Fsp3) is 0.385. The molecule has 2 unspecified atom stereocenters. The minimum absolute atomic E-state index is 0. The van der Waals surface area contributed by atoms with Crippen molar-refractivity contribution in [3.05, 3.63) is 35.7 Å². The maximum Gasteiger partial charge on any atom is 0.0889 e. The fourth-order valence-electron chi connectivity index (χ4n) is 3.17. The number of nitrogens with zero attached hydrogens (tertiary/aromatic N) is 2. The van der Waals surface area contributed by atoms with Crippen molar-refractivity contribution in [3.8, 4) is 0 Å². The van der Waals surface area contributed by atoms with Gasteiger partial charge in [0.2, 0.25) is 0 Å². The van der Waals surface area contributed by atoms with Gasteiger partial charge in [0.1, 0.15) is 0 Å². The first kappa shape index (κ1) is 11.1. The van der Waals surface area contributed by atoms with Crippen LogP contribution in [0, 0.1) is 0 Å². The average molecular weight is 292 g/mol. The highest BCUT2D eigenvalue weighted by molar-refractivity contribution is 8.93. The van der Waals surface area contributed by atoms with E-state index in [4.69, 9.17) is 0 Å². The third kappa shape index (κ3) is 1.58. The second-order valence-electron chi connectivity index (χ2n) is 4.81. The van der Waals surface area contributed by atoms with E-state index in [1.165, 1.54) is 17.5 Å². The summed E-state index contributed by atoms with van der Waals surface area (Å²) < 4.78 is 0. The van der Waals surface area contributed by atoms with Gasteiger partial charge in [0, 0.05) is 25.5 Å². The summed E-state index contributed by atoms with van der Waals surface area (Å²) in [5.41, 5.74) is 5.08. The Morgan fingerprint density at radius 3 is 2.00 bits per heavy atom. The van der Waals surface area contributed by atoms with Gasteiger partial charge in [0.25, 0.3) is 0 Å². The molecule has 2 atom stereocenters. The van der Waals surface area contributed by atoms with E-state index in [1.807, 2.05) is 0 Å². The molecule has 1 fully saturated rings. The number of benzene rings is 1. The van der Waals surface area contributed by atoms with Gasteiger partial charge in [-0.3, -0.25) is 9.97 Å². The van der Waals surface area contributed by atoms with E-state index >= 15 is 0 Å². The van der Waals surface area contributed by atoms with E-state index in [-0.39, 0.29) is 17.0 Å².